The summed E-state index contributed by atoms with van der Waals surface area (Å²) in [6.07, 6.45) is 3.41. The SMILES string of the molecule is COc1cc(C(=O)OCC(=O)c2c[nH]c(C(=O)N3CCCC3)c2)cc(OC)c1OC. The molecule has 1 aromatic carbocycles. The van der Waals surface area contributed by atoms with Crippen molar-refractivity contribution in [3.05, 3.63) is 41.2 Å². The molecule has 9 nitrogen and oxygen atoms in total. The second-order valence-electron chi connectivity index (χ2n) is 6.71. The Morgan fingerprint density at radius 3 is 2.13 bits per heavy atom. The second kappa shape index (κ2) is 9.34. The lowest BCUT2D eigenvalue weighted by molar-refractivity contribution is 0.0474. The van der Waals surface area contributed by atoms with Gasteiger partial charge in [0.15, 0.2) is 18.1 Å². The molecular formula is C21H24N2O7. The predicted octanol–water partition coefficient (Wildman–Crippen LogP) is 2.32. The number of esters is 1. The number of ether oxygens (including phenoxy) is 4. The zero-order valence-corrected chi connectivity index (χ0v) is 17.1. The molecule has 2 heterocycles. The van der Waals surface area contributed by atoms with E-state index >= 15 is 0 Å². The van der Waals surface area contributed by atoms with Crippen LogP contribution in [0.4, 0.5) is 0 Å². The third-order valence-electron chi connectivity index (χ3n) is 4.86. The summed E-state index contributed by atoms with van der Waals surface area (Å²) < 4.78 is 20.8. The number of rotatable bonds is 8. The standard InChI is InChI=1S/C21H24N2O7/c1-27-17-9-13(10-18(28-2)19(17)29-3)21(26)30-12-16(24)14-8-15(22-11-14)20(25)23-6-4-5-7-23/h8-11,22H,4-7,12H2,1-3H3. The number of H-pyrrole nitrogens is 1. The maximum absolute atomic E-state index is 12.4. The number of Topliss-reactive ketones (excluding diaryl/α,β-unsaturated/α-hetero) is 1. The summed E-state index contributed by atoms with van der Waals surface area (Å²) in [6.45, 7) is 0.964. The lowest BCUT2D eigenvalue weighted by atomic mass is 10.1. The van der Waals surface area contributed by atoms with Crippen molar-refractivity contribution in [1.82, 2.24) is 9.88 Å². The van der Waals surface area contributed by atoms with Crippen molar-refractivity contribution in [2.24, 2.45) is 0 Å². The molecule has 0 spiro atoms. The van der Waals surface area contributed by atoms with E-state index in [1.54, 1.807) is 4.90 Å². The fraction of sp³-hybridized carbons (Fsp3) is 0.381. The summed E-state index contributed by atoms with van der Waals surface area (Å²) in [7, 11) is 4.32. The number of hydrogen-bond donors (Lipinski definition) is 1. The van der Waals surface area contributed by atoms with E-state index in [2.05, 4.69) is 4.98 Å². The highest BCUT2D eigenvalue weighted by Crippen LogP contribution is 2.38. The van der Waals surface area contributed by atoms with Crippen LogP contribution < -0.4 is 14.2 Å². The average molecular weight is 416 g/mol. The van der Waals surface area contributed by atoms with Crippen LogP contribution in [0.3, 0.4) is 0 Å². The van der Waals surface area contributed by atoms with Crippen molar-refractivity contribution >= 4 is 17.7 Å². The highest BCUT2D eigenvalue weighted by atomic mass is 16.5. The van der Waals surface area contributed by atoms with Gasteiger partial charge in [-0.15, -0.1) is 0 Å². The number of aromatic amines is 1. The maximum Gasteiger partial charge on any atom is 0.338 e. The third kappa shape index (κ3) is 4.40. The second-order valence-corrected chi connectivity index (χ2v) is 6.71. The zero-order chi connectivity index (χ0) is 21.7. The molecule has 1 amide bonds. The van der Waals surface area contributed by atoms with Gasteiger partial charge in [0, 0.05) is 24.8 Å². The zero-order valence-electron chi connectivity index (χ0n) is 17.1. The van der Waals surface area contributed by atoms with Gasteiger partial charge in [-0.25, -0.2) is 4.79 Å². The first kappa shape index (κ1) is 21.2. The Morgan fingerprint density at radius 1 is 0.933 bits per heavy atom. The number of methoxy groups -OCH3 is 3. The molecule has 0 unspecified atom stereocenters. The Bertz CT molecular complexity index is 920. The summed E-state index contributed by atoms with van der Waals surface area (Å²) in [4.78, 5) is 41.7. The molecule has 0 aliphatic carbocycles. The summed E-state index contributed by atoms with van der Waals surface area (Å²) in [6, 6.07) is 4.37. The van der Waals surface area contributed by atoms with Gasteiger partial charge < -0.3 is 28.8 Å². The van der Waals surface area contributed by atoms with E-state index in [1.807, 2.05) is 0 Å². The number of carbonyl (C=O) groups is 3. The highest BCUT2D eigenvalue weighted by Gasteiger charge is 2.23. The van der Waals surface area contributed by atoms with Crippen molar-refractivity contribution in [3.63, 3.8) is 0 Å². The van der Waals surface area contributed by atoms with Gasteiger partial charge in [-0.1, -0.05) is 0 Å². The lowest BCUT2D eigenvalue weighted by Gasteiger charge is -2.13. The Hall–Kier alpha value is -3.49. The summed E-state index contributed by atoms with van der Waals surface area (Å²) >= 11 is 0. The van der Waals surface area contributed by atoms with Crippen LogP contribution in [0, 0.1) is 0 Å². The van der Waals surface area contributed by atoms with E-state index in [9.17, 15) is 14.4 Å². The summed E-state index contributed by atoms with van der Waals surface area (Å²) in [5.74, 6) is -0.341. The minimum atomic E-state index is -0.716. The molecule has 1 fully saturated rings. The van der Waals surface area contributed by atoms with Gasteiger partial charge in [0.2, 0.25) is 11.5 Å². The number of ketones is 1. The molecular weight excluding hydrogens is 392 g/mol. The van der Waals surface area contributed by atoms with Crippen LogP contribution in [-0.2, 0) is 4.74 Å². The number of carbonyl (C=O) groups excluding carboxylic acids is 3. The maximum atomic E-state index is 12.4. The van der Waals surface area contributed by atoms with Crippen molar-refractivity contribution in [3.8, 4) is 17.2 Å². The van der Waals surface area contributed by atoms with E-state index < -0.39 is 18.4 Å². The summed E-state index contributed by atoms with van der Waals surface area (Å²) in [5.41, 5.74) is 0.766. The molecule has 1 saturated heterocycles. The number of hydrogen-bond acceptors (Lipinski definition) is 7. The molecule has 1 aliphatic rings. The number of likely N-dealkylation sites (tertiary alicyclic amines) is 1. The van der Waals surface area contributed by atoms with Crippen LogP contribution in [0.5, 0.6) is 17.2 Å². The molecule has 1 aliphatic heterocycles. The Morgan fingerprint density at radius 2 is 1.57 bits per heavy atom. The van der Waals surface area contributed by atoms with E-state index in [0.717, 1.165) is 12.8 Å². The molecule has 0 atom stereocenters. The van der Waals surface area contributed by atoms with Crippen molar-refractivity contribution < 1.29 is 33.3 Å². The molecule has 1 aromatic heterocycles. The lowest BCUT2D eigenvalue weighted by Crippen LogP contribution is -2.27. The molecule has 9 heteroatoms. The molecule has 1 N–H and O–H groups in total. The third-order valence-corrected chi connectivity index (χ3v) is 4.86. The van der Waals surface area contributed by atoms with Crippen LogP contribution in [0.1, 0.15) is 44.0 Å². The molecule has 0 radical (unpaired) electrons. The Balaban J connectivity index is 1.65. The first-order valence-corrected chi connectivity index (χ1v) is 9.46. The van der Waals surface area contributed by atoms with Gasteiger partial charge in [0.05, 0.1) is 26.9 Å². The molecule has 0 bridgehead atoms. The van der Waals surface area contributed by atoms with Crippen LogP contribution >= 0.6 is 0 Å². The van der Waals surface area contributed by atoms with Gasteiger partial charge >= 0.3 is 5.97 Å². The number of nitrogens with one attached hydrogen (secondary N) is 1. The van der Waals surface area contributed by atoms with Crippen LogP contribution in [-0.4, -0.2) is 68.6 Å². The van der Waals surface area contributed by atoms with E-state index in [1.165, 1.54) is 45.7 Å². The van der Waals surface area contributed by atoms with Gasteiger partial charge in [-0.2, -0.15) is 0 Å². The number of amides is 1. The molecule has 160 valence electrons. The average Bonchev–Trinajstić information content (AvgIpc) is 3.48. The van der Waals surface area contributed by atoms with Crippen molar-refractivity contribution in [2.45, 2.75) is 12.8 Å². The quantitative estimate of drug-likeness (QED) is 0.520. The number of aromatic nitrogens is 1. The normalized spacial score (nSPS) is 13.1. The molecule has 0 saturated carbocycles. The molecule has 30 heavy (non-hydrogen) atoms. The van der Waals surface area contributed by atoms with Gasteiger partial charge in [0.25, 0.3) is 5.91 Å². The summed E-state index contributed by atoms with van der Waals surface area (Å²) in [5, 5.41) is 0. The highest BCUT2D eigenvalue weighted by molar-refractivity contribution is 6.02. The van der Waals surface area contributed by atoms with Crippen molar-refractivity contribution in [2.75, 3.05) is 41.0 Å². The van der Waals surface area contributed by atoms with Gasteiger partial charge in [-0.05, 0) is 31.0 Å². The first-order valence-electron chi connectivity index (χ1n) is 9.46. The van der Waals surface area contributed by atoms with Crippen LogP contribution in [0.2, 0.25) is 0 Å². The monoisotopic (exact) mass is 416 g/mol. The van der Waals surface area contributed by atoms with E-state index in [-0.39, 0.29) is 17.0 Å². The van der Waals surface area contributed by atoms with E-state index in [4.69, 9.17) is 18.9 Å². The molecule has 3 rings (SSSR count). The largest absolute Gasteiger partial charge is 0.493 e. The molecule has 2 aromatic rings. The minimum absolute atomic E-state index is 0.138. The van der Waals surface area contributed by atoms with Crippen LogP contribution in [0.15, 0.2) is 24.4 Å². The topological polar surface area (TPSA) is 107 Å². The Kier molecular flexibility index (Phi) is 6.61. The smallest absolute Gasteiger partial charge is 0.338 e. The number of benzene rings is 1. The van der Waals surface area contributed by atoms with Crippen LogP contribution in [0.25, 0.3) is 0 Å². The van der Waals surface area contributed by atoms with Crippen molar-refractivity contribution in [1.29, 1.82) is 0 Å². The van der Waals surface area contributed by atoms with Gasteiger partial charge in [-0.3, -0.25) is 9.59 Å². The first-order chi connectivity index (χ1) is 14.5. The fourth-order valence-electron chi connectivity index (χ4n) is 3.27. The fourth-order valence-corrected chi connectivity index (χ4v) is 3.27. The van der Waals surface area contributed by atoms with E-state index in [0.29, 0.717) is 36.0 Å². The number of nitrogens with zero attached hydrogens (tertiary/aromatic N) is 1. The predicted molar refractivity (Wildman–Crippen MR) is 107 cm³/mol. The minimum Gasteiger partial charge on any atom is -0.493 e. The Labute approximate surface area is 173 Å². The van der Waals surface area contributed by atoms with Gasteiger partial charge in [0.1, 0.15) is 5.69 Å².